The largest absolute Gasteiger partial charge is 0.396 e. The van der Waals surface area contributed by atoms with Gasteiger partial charge < -0.3 is 16.2 Å². The number of nitrogens with one attached hydrogen (secondary N) is 2. The number of H-pyrrole nitrogens is 1. The lowest BCUT2D eigenvalue weighted by Crippen LogP contribution is -2.36. The van der Waals surface area contributed by atoms with Crippen LogP contribution in [0.15, 0.2) is 36.5 Å². The third-order valence-electron chi connectivity index (χ3n) is 6.26. The Labute approximate surface area is 151 Å². The number of benzene rings is 1. The van der Waals surface area contributed by atoms with Crippen molar-refractivity contribution < 1.29 is 5.11 Å². The Morgan fingerprint density at radius 1 is 1.19 bits per heavy atom. The summed E-state index contributed by atoms with van der Waals surface area (Å²) in [6.07, 6.45) is 5.47. The highest BCUT2D eigenvalue weighted by Crippen LogP contribution is 2.49. The summed E-state index contributed by atoms with van der Waals surface area (Å²) in [5.74, 6) is 2.14. The van der Waals surface area contributed by atoms with Gasteiger partial charge in [0.1, 0.15) is 5.82 Å². The molecule has 5 N–H and O–H groups in total. The van der Waals surface area contributed by atoms with E-state index in [4.69, 9.17) is 5.73 Å². The summed E-state index contributed by atoms with van der Waals surface area (Å²) in [6, 6.07) is 10.4. The van der Waals surface area contributed by atoms with Crippen molar-refractivity contribution in [1.29, 1.82) is 0 Å². The molecule has 0 spiro atoms. The average Bonchev–Trinajstić information content (AvgIpc) is 3.38. The Balaban J connectivity index is 1.53. The van der Waals surface area contributed by atoms with Gasteiger partial charge in [-0.2, -0.15) is 5.10 Å². The molecule has 5 rings (SSSR count). The summed E-state index contributed by atoms with van der Waals surface area (Å²) < 4.78 is 0. The van der Waals surface area contributed by atoms with Crippen molar-refractivity contribution in [2.45, 2.75) is 25.3 Å². The maximum absolute atomic E-state index is 9.86. The van der Waals surface area contributed by atoms with E-state index in [1.165, 1.54) is 19.3 Å². The first-order valence-corrected chi connectivity index (χ1v) is 9.30. The summed E-state index contributed by atoms with van der Waals surface area (Å²) in [7, 11) is 0. The van der Waals surface area contributed by atoms with E-state index in [0.717, 1.165) is 27.8 Å². The molecule has 2 fully saturated rings. The molecule has 26 heavy (non-hydrogen) atoms. The Hall–Kier alpha value is -2.60. The van der Waals surface area contributed by atoms with E-state index in [1.54, 1.807) is 6.20 Å². The first-order valence-electron chi connectivity index (χ1n) is 9.30. The summed E-state index contributed by atoms with van der Waals surface area (Å²) in [6.45, 7) is 0.251. The van der Waals surface area contributed by atoms with E-state index in [2.05, 4.69) is 32.6 Å². The second-order valence-corrected chi connectivity index (χ2v) is 7.65. The fraction of sp³-hybridized carbons (Fsp3) is 0.400. The van der Waals surface area contributed by atoms with Gasteiger partial charge in [-0.3, -0.25) is 5.10 Å². The number of anilines is 2. The lowest BCUT2D eigenvalue weighted by atomic mass is 9.85. The molecule has 6 nitrogen and oxygen atoms in total. The monoisotopic (exact) mass is 349 g/mol. The SMILES string of the molecule is Nc1cc(N[C@@H]2[C@H]3CC[C@H](C3)[C@@H]2CO)c2ccc(-c3ccn[nH]3)cc2n1. The second-order valence-electron chi connectivity index (χ2n) is 7.65. The Kier molecular flexibility index (Phi) is 3.60. The van der Waals surface area contributed by atoms with Crippen LogP contribution in [-0.4, -0.2) is 32.9 Å². The number of aromatic nitrogens is 3. The van der Waals surface area contributed by atoms with Gasteiger partial charge in [0.05, 0.1) is 11.2 Å². The summed E-state index contributed by atoms with van der Waals surface area (Å²) in [5.41, 5.74) is 9.96. The Morgan fingerprint density at radius 2 is 2.08 bits per heavy atom. The van der Waals surface area contributed by atoms with Crippen molar-refractivity contribution in [1.82, 2.24) is 15.2 Å². The molecule has 134 valence electrons. The molecule has 6 heteroatoms. The number of nitrogens with zero attached hydrogens (tertiary/aromatic N) is 2. The number of aliphatic hydroxyl groups is 1. The van der Waals surface area contributed by atoms with Gasteiger partial charge in [0.25, 0.3) is 0 Å². The zero-order chi connectivity index (χ0) is 17.7. The van der Waals surface area contributed by atoms with E-state index in [0.29, 0.717) is 29.6 Å². The van der Waals surface area contributed by atoms with Crippen LogP contribution in [0, 0.1) is 17.8 Å². The van der Waals surface area contributed by atoms with Crippen LogP contribution in [-0.2, 0) is 0 Å². The molecular formula is C20H23N5O. The molecule has 0 radical (unpaired) electrons. The van der Waals surface area contributed by atoms with Crippen LogP contribution >= 0.6 is 0 Å². The predicted octanol–water partition coefficient (Wildman–Crippen LogP) is 3.03. The van der Waals surface area contributed by atoms with Crippen LogP contribution in [0.5, 0.6) is 0 Å². The maximum Gasteiger partial charge on any atom is 0.126 e. The number of aliphatic hydroxyl groups excluding tert-OH is 1. The van der Waals surface area contributed by atoms with Crippen molar-refractivity contribution >= 4 is 22.4 Å². The first kappa shape index (κ1) is 15.6. The Morgan fingerprint density at radius 3 is 2.88 bits per heavy atom. The standard InChI is InChI=1S/C20H23N5O/c21-19-9-18(24-20-13-2-1-11(7-13)15(20)10-26)14-4-3-12(8-17(14)23-19)16-5-6-22-25-16/h3-6,8-9,11,13,15,20,26H,1-2,7,10H2,(H,22,25)(H3,21,23,24)/t11-,13+,15+,20-/m1/s1. The van der Waals surface area contributed by atoms with Gasteiger partial charge in [0.2, 0.25) is 0 Å². The molecule has 0 unspecified atom stereocenters. The van der Waals surface area contributed by atoms with E-state index < -0.39 is 0 Å². The number of hydrogen-bond donors (Lipinski definition) is 4. The van der Waals surface area contributed by atoms with Gasteiger partial charge in [0, 0.05) is 47.5 Å². The third-order valence-corrected chi connectivity index (χ3v) is 6.26. The smallest absolute Gasteiger partial charge is 0.126 e. The normalized spacial score (nSPS) is 27.3. The molecule has 2 aromatic heterocycles. The number of rotatable bonds is 4. The van der Waals surface area contributed by atoms with Crippen molar-refractivity contribution in [2.24, 2.45) is 17.8 Å². The second kappa shape index (κ2) is 5.99. The molecule has 2 aliphatic rings. The minimum Gasteiger partial charge on any atom is -0.396 e. The number of aromatic amines is 1. The number of nitrogens with two attached hydrogens (primary N) is 1. The van der Waals surface area contributed by atoms with Crippen LogP contribution < -0.4 is 11.1 Å². The fourth-order valence-electron chi connectivity index (χ4n) is 5.03. The van der Waals surface area contributed by atoms with Crippen molar-refractivity contribution in [3.05, 3.63) is 36.5 Å². The van der Waals surface area contributed by atoms with E-state index in [-0.39, 0.29) is 6.61 Å². The fourth-order valence-corrected chi connectivity index (χ4v) is 5.03. The molecular weight excluding hydrogens is 326 g/mol. The minimum atomic E-state index is 0.251. The number of hydrogen-bond acceptors (Lipinski definition) is 5. The minimum absolute atomic E-state index is 0.251. The highest BCUT2D eigenvalue weighted by atomic mass is 16.3. The molecule has 2 bridgehead atoms. The van der Waals surface area contributed by atoms with Crippen LogP contribution in [0.3, 0.4) is 0 Å². The lowest BCUT2D eigenvalue weighted by molar-refractivity contribution is 0.166. The van der Waals surface area contributed by atoms with Gasteiger partial charge >= 0.3 is 0 Å². The van der Waals surface area contributed by atoms with Crippen LogP contribution in [0.2, 0.25) is 0 Å². The molecule has 0 amide bonds. The highest BCUT2D eigenvalue weighted by molar-refractivity contribution is 5.95. The predicted molar refractivity (Wildman–Crippen MR) is 103 cm³/mol. The molecule has 3 aromatic rings. The van der Waals surface area contributed by atoms with E-state index in [9.17, 15) is 5.11 Å². The van der Waals surface area contributed by atoms with E-state index >= 15 is 0 Å². The molecule has 0 aliphatic heterocycles. The number of nitrogen functional groups attached to an aromatic ring is 1. The van der Waals surface area contributed by atoms with Crippen LogP contribution in [0.1, 0.15) is 19.3 Å². The quantitative estimate of drug-likeness (QED) is 0.580. The highest BCUT2D eigenvalue weighted by Gasteiger charge is 2.47. The topological polar surface area (TPSA) is 99.9 Å². The van der Waals surface area contributed by atoms with Gasteiger partial charge in [0.15, 0.2) is 0 Å². The molecule has 1 aromatic carbocycles. The molecule has 2 saturated carbocycles. The number of pyridine rings is 1. The molecule has 0 saturated heterocycles. The van der Waals surface area contributed by atoms with Crippen LogP contribution in [0.4, 0.5) is 11.5 Å². The van der Waals surface area contributed by atoms with Crippen molar-refractivity contribution in [3.8, 4) is 11.3 Å². The molecule has 2 heterocycles. The van der Waals surface area contributed by atoms with Gasteiger partial charge in [-0.25, -0.2) is 4.98 Å². The maximum atomic E-state index is 9.86. The summed E-state index contributed by atoms with van der Waals surface area (Å²) in [4.78, 5) is 4.52. The molecule has 2 aliphatic carbocycles. The number of fused-ring (bicyclic) bond motifs is 3. The van der Waals surface area contributed by atoms with Crippen molar-refractivity contribution in [3.63, 3.8) is 0 Å². The lowest BCUT2D eigenvalue weighted by Gasteiger charge is -2.31. The Bertz CT molecular complexity index is 939. The van der Waals surface area contributed by atoms with E-state index in [1.807, 2.05) is 18.2 Å². The van der Waals surface area contributed by atoms with Crippen molar-refractivity contribution in [2.75, 3.05) is 17.7 Å². The van der Waals surface area contributed by atoms with Gasteiger partial charge in [-0.15, -0.1) is 0 Å². The first-order chi connectivity index (χ1) is 12.7. The average molecular weight is 349 g/mol. The third kappa shape index (κ3) is 2.44. The van der Waals surface area contributed by atoms with Crippen LogP contribution in [0.25, 0.3) is 22.2 Å². The summed E-state index contributed by atoms with van der Waals surface area (Å²) in [5, 5.41) is 21.6. The molecule has 4 atom stereocenters. The van der Waals surface area contributed by atoms with Gasteiger partial charge in [-0.05, 0) is 43.2 Å². The zero-order valence-corrected chi connectivity index (χ0v) is 14.5. The van der Waals surface area contributed by atoms with Gasteiger partial charge in [-0.1, -0.05) is 12.1 Å². The summed E-state index contributed by atoms with van der Waals surface area (Å²) >= 11 is 0. The zero-order valence-electron chi connectivity index (χ0n) is 14.5.